The molecule has 1 unspecified atom stereocenters. The zero-order chi connectivity index (χ0) is 15.5. The maximum Gasteiger partial charge on any atom is 0.131 e. The van der Waals surface area contributed by atoms with Crippen LogP contribution in [0.25, 0.3) is 10.4 Å². The van der Waals surface area contributed by atoms with Crippen LogP contribution in [-0.2, 0) is 6.54 Å². The molecule has 0 aliphatic rings. The average Bonchev–Trinajstić information content (AvgIpc) is 3.14. The molecule has 1 N–H and O–H groups in total. The molecule has 1 atom stereocenters. The topological polar surface area (TPSA) is 25.2 Å². The molecular formula is C18H18FNOS. The number of furan rings is 1. The van der Waals surface area contributed by atoms with E-state index in [0.717, 1.165) is 22.9 Å². The molecule has 0 radical (unpaired) electrons. The Kier molecular flexibility index (Phi) is 4.41. The van der Waals surface area contributed by atoms with Crippen LogP contribution >= 0.6 is 11.3 Å². The molecule has 1 aromatic carbocycles. The van der Waals surface area contributed by atoms with Crippen LogP contribution in [0.2, 0.25) is 0 Å². The van der Waals surface area contributed by atoms with Gasteiger partial charge in [0.15, 0.2) is 0 Å². The average molecular weight is 315 g/mol. The Labute approximate surface area is 133 Å². The fourth-order valence-corrected chi connectivity index (χ4v) is 3.30. The van der Waals surface area contributed by atoms with Gasteiger partial charge in [-0.05, 0) is 44.2 Å². The Bertz CT molecular complexity index is 762. The lowest BCUT2D eigenvalue weighted by Gasteiger charge is -2.10. The Morgan fingerprint density at radius 3 is 2.68 bits per heavy atom. The van der Waals surface area contributed by atoms with Gasteiger partial charge >= 0.3 is 0 Å². The van der Waals surface area contributed by atoms with Gasteiger partial charge in [0.2, 0.25) is 0 Å². The third kappa shape index (κ3) is 3.29. The van der Waals surface area contributed by atoms with Gasteiger partial charge in [-0.15, -0.1) is 11.3 Å². The fourth-order valence-electron chi connectivity index (χ4n) is 2.32. The van der Waals surface area contributed by atoms with Crippen molar-refractivity contribution in [3.63, 3.8) is 0 Å². The molecule has 0 bridgehead atoms. The van der Waals surface area contributed by atoms with E-state index >= 15 is 0 Å². The van der Waals surface area contributed by atoms with Crippen LogP contribution in [0.15, 0.2) is 52.9 Å². The predicted molar refractivity (Wildman–Crippen MR) is 88.4 cm³/mol. The molecule has 0 aliphatic heterocycles. The lowest BCUT2D eigenvalue weighted by molar-refractivity contribution is 0.416. The van der Waals surface area contributed by atoms with Gasteiger partial charge in [-0.3, -0.25) is 0 Å². The fraction of sp³-hybridized carbons (Fsp3) is 0.222. The highest BCUT2D eigenvalue weighted by atomic mass is 32.1. The Hall–Kier alpha value is -1.91. The quantitative estimate of drug-likeness (QED) is 0.690. The number of thiophene rings is 1. The van der Waals surface area contributed by atoms with Crippen LogP contribution in [0.1, 0.15) is 29.4 Å². The first-order valence-corrected chi connectivity index (χ1v) is 8.08. The first-order valence-electron chi connectivity index (χ1n) is 7.27. The molecule has 114 valence electrons. The standard InChI is InChI=1S/C18H18FNOS/c1-12-7-9-17(21-12)13(2)20-11-14-8-10-18(22-14)15-5-3-4-6-16(15)19/h3-10,13,20H,11H2,1-2H3. The summed E-state index contributed by atoms with van der Waals surface area (Å²) in [6, 6.07) is 15.0. The molecule has 22 heavy (non-hydrogen) atoms. The molecular weight excluding hydrogens is 297 g/mol. The summed E-state index contributed by atoms with van der Waals surface area (Å²) in [6.07, 6.45) is 0. The summed E-state index contributed by atoms with van der Waals surface area (Å²) in [5.74, 6) is 1.67. The number of hydrogen-bond acceptors (Lipinski definition) is 3. The summed E-state index contributed by atoms with van der Waals surface area (Å²) >= 11 is 1.61. The molecule has 0 amide bonds. The van der Waals surface area contributed by atoms with Crippen molar-refractivity contribution in [3.8, 4) is 10.4 Å². The lowest BCUT2D eigenvalue weighted by atomic mass is 10.2. The Balaban J connectivity index is 1.66. The zero-order valence-corrected chi connectivity index (χ0v) is 13.4. The van der Waals surface area contributed by atoms with Gasteiger partial charge in [-0.25, -0.2) is 4.39 Å². The molecule has 0 saturated carbocycles. The normalized spacial score (nSPS) is 12.5. The zero-order valence-electron chi connectivity index (χ0n) is 12.6. The van der Waals surface area contributed by atoms with Crippen LogP contribution in [-0.4, -0.2) is 0 Å². The maximum atomic E-state index is 13.8. The number of aryl methyl sites for hydroxylation is 1. The van der Waals surface area contributed by atoms with Gasteiger partial charge in [0.1, 0.15) is 17.3 Å². The Morgan fingerprint density at radius 1 is 1.14 bits per heavy atom. The first kappa shape index (κ1) is 15.0. The van der Waals surface area contributed by atoms with Crippen molar-refractivity contribution in [1.29, 1.82) is 0 Å². The van der Waals surface area contributed by atoms with E-state index in [1.165, 1.54) is 10.9 Å². The van der Waals surface area contributed by atoms with Crippen molar-refractivity contribution in [2.75, 3.05) is 0 Å². The van der Waals surface area contributed by atoms with Gasteiger partial charge in [0.05, 0.1) is 6.04 Å². The molecule has 0 aliphatic carbocycles. The van der Waals surface area contributed by atoms with Crippen LogP contribution in [0, 0.1) is 12.7 Å². The maximum absolute atomic E-state index is 13.8. The van der Waals surface area contributed by atoms with Gasteiger partial charge in [-0.1, -0.05) is 18.2 Å². The van der Waals surface area contributed by atoms with E-state index in [-0.39, 0.29) is 11.9 Å². The van der Waals surface area contributed by atoms with Crippen molar-refractivity contribution >= 4 is 11.3 Å². The summed E-state index contributed by atoms with van der Waals surface area (Å²) < 4.78 is 19.4. The van der Waals surface area contributed by atoms with Gasteiger partial charge < -0.3 is 9.73 Å². The largest absolute Gasteiger partial charge is 0.465 e. The summed E-state index contributed by atoms with van der Waals surface area (Å²) in [7, 11) is 0. The van der Waals surface area contributed by atoms with Crippen molar-refractivity contribution in [2.45, 2.75) is 26.4 Å². The molecule has 2 aromatic heterocycles. The third-order valence-electron chi connectivity index (χ3n) is 3.57. The number of rotatable bonds is 5. The Morgan fingerprint density at radius 2 is 1.95 bits per heavy atom. The molecule has 0 saturated heterocycles. The van der Waals surface area contributed by atoms with E-state index in [9.17, 15) is 4.39 Å². The molecule has 3 aromatic rings. The highest BCUT2D eigenvalue weighted by Crippen LogP contribution is 2.30. The minimum absolute atomic E-state index is 0.146. The van der Waals surface area contributed by atoms with E-state index in [0.29, 0.717) is 5.56 Å². The monoisotopic (exact) mass is 315 g/mol. The first-order chi connectivity index (χ1) is 10.6. The van der Waals surface area contributed by atoms with Gasteiger partial charge in [0, 0.05) is 21.9 Å². The molecule has 0 spiro atoms. The summed E-state index contributed by atoms with van der Waals surface area (Å²) in [4.78, 5) is 2.13. The molecule has 2 heterocycles. The predicted octanol–water partition coefficient (Wildman–Crippen LogP) is 5.31. The molecule has 0 fully saturated rings. The van der Waals surface area contributed by atoms with Crippen LogP contribution in [0.4, 0.5) is 4.39 Å². The lowest BCUT2D eigenvalue weighted by Crippen LogP contribution is -2.16. The molecule has 3 rings (SSSR count). The second-order valence-electron chi connectivity index (χ2n) is 5.30. The van der Waals surface area contributed by atoms with Crippen molar-refractivity contribution in [1.82, 2.24) is 5.32 Å². The number of benzene rings is 1. The van der Waals surface area contributed by atoms with E-state index < -0.39 is 0 Å². The van der Waals surface area contributed by atoms with E-state index in [4.69, 9.17) is 4.42 Å². The summed E-state index contributed by atoms with van der Waals surface area (Å²) in [5, 5.41) is 3.43. The molecule has 2 nitrogen and oxygen atoms in total. The van der Waals surface area contributed by atoms with Crippen LogP contribution < -0.4 is 5.32 Å². The number of nitrogens with one attached hydrogen (secondary N) is 1. The minimum Gasteiger partial charge on any atom is -0.465 e. The number of halogens is 1. The van der Waals surface area contributed by atoms with Crippen molar-refractivity contribution in [2.24, 2.45) is 0 Å². The van der Waals surface area contributed by atoms with E-state index in [1.54, 1.807) is 17.4 Å². The van der Waals surface area contributed by atoms with Gasteiger partial charge in [0.25, 0.3) is 0 Å². The third-order valence-corrected chi connectivity index (χ3v) is 4.69. The second kappa shape index (κ2) is 6.46. The van der Waals surface area contributed by atoms with E-state index in [2.05, 4.69) is 12.2 Å². The minimum atomic E-state index is -0.178. The van der Waals surface area contributed by atoms with Crippen molar-refractivity contribution in [3.05, 3.63) is 70.7 Å². The summed E-state index contributed by atoms with van der Waals surface area (Å²) in [5.41, 5.74) is 0.661. The highest BCUT2D eigenvalue weighted by Gasteiger charge is 2.11. The van der Waals surface area contributed by atoms with Gasteiger partial charge in [-0.2, -0.15) is 0 Å². The van der Waals surface area contributed by atoms with Crippen LogP contribution in [0.5, 0.6) is 0 Å². The highest BCUT2D eigenvalue weighted by molar-refractivity contribution is 7.15. The van der Waals surface area contributed by atoms with Crippen molar-refractivity contribution < 1.29 is 8.81 Å². The second-order valence-corrected chi connectivity index (χ2v) is 6.47. The van der Waals surface area contributed by atoms with E-state index in [1.807, 2.05) is 43.3 Å². The summed E-state index contributed by atoms with van der Waals surface area (Å²) in [6.45, 7) is 4.75. The SMILES string of the molecule is Cc1ccc(C(C)NCc2ccc(-c3ccccc3F)s2)o1. The smallest absolute Gasteiger partial charge is 0.131 e. The number of hydrogen-bond donors (Lipinski definition) is 1. The van der Waals surface area contributed by atoms with Crippen LogP contribution in [0.3, 0.4) is 0 Å². The molecule has 4 heteroatoms.